The Hall–Kier alpha value is -2.79. The van der Waals surface area contributed by atoms with E-state index in [9.17, 15) is 9.59 Å². The fourth-order valence-electron chi connectivity index (χ4n) is 1.86. The number of halogens is 1. The summed E-state index contributed by atoms with van der Waals surface area (Å²) in [5.41, 5.74) is 0.936. The maximum atomic E-state index is 11.9. The van der Waals surface area contributed by atoms with Crippen molar-refractivity contribution in [2.45, 2.75) is 0 Å². The monoisotopic (exact) mass is 331 g/mol. The van der Waals surface area contributed by atoms with E-state index in [-0.39, 0.29) is 16.3 Å². The summed E-state index contributed by atoms with van der Waals surface area (Å²) in [6.45, 7) is 0. The molecule has 23 heavy (non-hydrogen) atoms. The van der Waals surface area contributed by atoms with E-state index in [4.69, 9.17) is 21.4 Å². The van der Waals surface area contributed by atoms with Gasteiger partial charge in [-0.05, 0) is 42.0 Å². The number of hydrogen-bond acceptors (Lipinski definition) is 3. The van der Waals surface area contributed by atoms with E-state index < -0.39 is 11.9 Å². The second-order valence-corrected chi connectivity index (χ2v) is 5.03. The number of rotatable bonds is 5. The first-order valence-electron chi connectivity index (χ1n) is 6.65. The van der Waals surface area contributed by atoms with Crippen molar-refractivity contribution in [3.63, 3.8) is 0 Å². The van der Waals surface area contributed by atoms with Crippen LogP contribution in [0.2, 0.25) is 5.02 Å². The third kappa shape index (κ3) is 4.59. The van der Waals surface area contributed by atoms with Gasteiger partial charge in [0.1, 0.15) is 5.75 Å². The minimum Gasteiger partial charge on any atom is -0.497 e. The average Bonchev–Trinajstić information content (AvgIpc) is 2.55. The lowest BCUT2D eigenvalue weighted by Crippen LogP contribution is -2.12. The number of carboxylic acids is 1. The molecule has 0 aliphatic rings. The number of carbonyl (C=O) groups is 2. The molecule has 118 valence electrons. The van der Waals surface area contributed by atoms with Crippen LogP contribution in [-0.4, -0.2) is 24.1 Å². The van der Waals surface area contributed by atoms with Gasteiger partial charge in [0.15, 0.2) is 0 Å². The predicted molar refractivity (Wildman–Crippen MR) is 89.1 cm³/mol. The summed E-state index contributed by atoms with van der Waals surface area (Å²) in [6, 6.07) is 11.4. The van der Waals surface area contributed by atoms with E-state index >= 15 is 0 Å². The molecule has 0 aliphatic heterocycles. The van der Waals surface area contributed by atoms with E-state index in [1.165, 1.54) is 24.3 Å². The SMILES string of the molecule is COc1ccc(/C=C/C(=O)Nc2ccc(Cl)cc2C(=O)O)cc1. The first kappa shape index (κ1) is 16.6. The molecule has 2 aromatic rings. The van der Waals surface area contributed by atoms with Crippen LogP contribution in [0.25, 0.3) is 6.08 Å². The smallest absolute Gasteiger partial charge is 0.337 e. The molecule has 5 nitrogen and oxygen atoms in total. The highest BCUT2D eigenvalue weighted by Crippen LogP contribution is 2.21. The summed E-state index contributed by atoms with van der Waals surface area (Å²) in [7, 11) is 1.57. The van der Waals surface area contributed by atoms with Gasteiger partial charge in [0.05, 0.1) is 18.4 Å². The minimum absolute atomic E-state index is 0.0660. The molecule has 1 amide bonds. The Morgan fingerprint density at radius 1 is 1.17 bits per heavy atom. The topological polar surface area (TPSA) is 75.6 Å². The van der Waals surface area contributed by atoms with Crippen molar-refractivity contribution in [1.29, 1.82) is 0 Å². The molecule has 0 unspecified atom stereocenters. The van der Waals surface area contributed by atoms with E-state index in [0.29, 0.717) is 0 Å². The molecular weight excluding hydrogens is 318 g/mol. The normalized spacial score (nSPS) is 10.5. The van der Waals surface area contributed by atoms with E-state index in [1.807, 2.05) is 0 Å². The van der Waals surface area contributed by atoms with Gasteiger partial charge in [-0.2, -0.15) is 0 Å². The fourth-order valence-corrected chi connectivity index (χ4v) is 2.04. The summed E-state index contributed by atoms with van der Waals surface area (Å²) < 4.78 is 5.05. The van der Waals surface area contributed by atoms with Crippen LogP contribution in [0.1, 0.15) is 15.9 Å². The lowest BCUT2D eigenvalue weighted by molar-refractivity contribution is -0.111. The van der Waals surface area contributed by atoms with Gasteiger partial charge in [0.25, 0.3) is 0 Å². The van der Waals surface area contributed by atoms with E-state index in [0.717, 1.165) is 11.3 Å². The average molecular weight is 332 g/mol. The Morgan fingerprint density at radius 2 is 1.87 bits per heavy atom. The number of carbonyl (C=O) groups excluding carboxylic acids is 1. The molecule has 0 atom stereocenters. The number of ether oxygens (including phenoxy) is 1. The second-order valence-electron chi connectivity index (χ2n) is 4.59. The lowest BCUT2D eigenvalue weighted by Gasteiger charge is -2.07. The molecule has 0 saturated heterocycles. The largest absolute Gasteiger partial charge is 0.497 e. The lowest BCUT2D eigenvalue weighted by atomic mass is 10.1. The molecule has 0 heterocycles. The molecule has 0 radical (unpaired) electrons. The molecule has 2 rings (SSSR count). The molecule has 0 spiro atoms. The van der Waals surface area contributed by atoms with Crippen LogP contribution in [-0.2, 0) is 4.79 Å². The second kappa shape index (κ2) is 7.47. The quantitative estimate of drug-likeness (QED) is 0.819. The summed E-state index contributed by atoms with van der Waals surface area (Å²) in [4.78, 5) is 23.1. The Bertz CT molecular complexity index is 754. The van der Waals surface area contributed by atoms with Crippen molar-refractivity contribution in [2.75, 3.05) is 12.4 Å². The van der Waals surface area contributed by atoms with Gasteiger partial charge in [-0.3, -0.25) is 4.79 Å². The maximum Gasteiger partial charge on any atom is 0.337 e. The van der Waals surface area contributed by atoms with Crippen molar-refractivity contribution in [3.05, 3.63) is 64.7 Å². The molecule has 0 aliphatic carbocycles. The highest BCUT2D eigenvalue weighted by atomic mass is 35.5. The molecule has 0 saturated carbocycles. The van der Waals surface area contributed by atoms with E-state index in [1.54, 1.807) is 37.5 Å². The Balaban J connectivity index is 2.10. The van der Waals surface area contributed by atoms with Crippen LogP contribution in [0.15, 0.2) is 48.5 Å². The van der Waals surface area contributed by atoms with E-state index in [2.05, 4.69) is 5.32 Å². The summed E-state index contributed by atoms with van der Waals surface area (Å²) in [5.74, 6) is -0.883. The van der Waals surface area contributed by atoms with Crippen LogP contribution in [0.4, 0.5) is 5.69 Å². The number of amides is 1. The molecule has 0 fully saturated rings. The maximum absolute atomic E-state index is 11.9. The van der Waals surface area contributed by atoms with Crippen molar-refractivity contribution < 1.29 is 19.4 Å². The van der Waals surface area contributed by atoms with Gasteiger partial charge in [0, 0.05) is 11.1 Å². The van der Waals surface area contributed by atoms with Crippen molar-refractivity contribution in [2.24, 2.45) is 0 Å². The highest BCUT2D eigenvalue weighted by molar-refractivity contribution is 6.31. The Morgan fingerprint density at radius 3 is 2.48 bits per heavy atom. The number of anilines is 1. The minimum atomic E-state index is -1.16. The third-order valence-corrected chi connectivity index (χ3v) is 3.25. The van der Waals surface area contributed by atoms with Crippen molar-refractivity contribution >= 4 is 35.2 Å². The summed E-state index contributed by atoms with van der Waals surface area (Å²) >= 11 is 5.76. The Labute approximate surface area is 138 Å². The standard InChI is InChI=1S/C17H14ClNO4/c1-23-13-6-2-11(3-7-13)4-9-16(20)19-15-8-5-12(18)10-14(15)17(21)22/h2-10H,1H3,(H,19,20)(H,21,22)/b9-4+. The molecule has 6 heteroatoms. The predicted octanol–water partition coefficient (Wildman–Crippen LogP) is 3.70. The zero-order valence-electron chi connectivity index (χ0n) is 12.2. The van der Waals surface area contributed by atoms with Gasteiger partial charge in [0.2, 0.25) is 5.91 Å². The van der Waals surface area contributed by atoms with Gasteiger partial charge in [-0.1, -0.05) is 23.7 Å². The van der Waals surface area contributed by atoms with Crippen molar-refractivity contribution in [1.82, 2.24) is 0 Å². The first-order valence-corrected chi connectivity index (χ1v) is 7.03. The number of aromatic carboxylic acids is 1. The summed E-state index contributed by atoms with van der Waals surface area (Å²) in [5, 5.41) is 11.9. The molecule has 2 aromatic carbocycles. The van der Waals surface area contributed by atoms with Crippen molar-refractivity contribution in [3.8, 4) is 5.75 Å². The van der Waals surface area contributed by atoms with Gasteiger partial charge in [-0.25, -0.2) is 4.79 Å². The van der Waals surface area contributed by atoms with Crippen LogP contribution in [0, 0.1) is 0 Å². The zero-order chi connectivity index (χ0) is 16.8. The molecule has 2 N–H and O–H groups in total. The van der Waals surface area contributed by atoms with Gasteiger partial charge < -0.3 is 15.2 Å². The fraction of sp³-hybridized carbons (Fsp3) is 0.0588. The van der Waals surface area contributed by atoms with Crippen LogP contribution < -0.4 is 10.1 Å². The number of methoxy groups -OCH3 is 1. The third-order valence-electron chi connectivity index (χ3n) is 3.01. The number of benzene rings is 2. The molecular formula is C17H14ClNO4. The van der Waals surface area contributed by atoms with Crippen LogP contribution >= 0.6 is 11.6 Å². The number of carboxylic acid groups (broad SMARTS) is 1. The van der Waals surface area contributed by atoms with Gasteiger partial charge in [-0.15, -0.1) is 0 Å². The van der Waals surface area contributed by atoms with Gasteiger partial charge >= 0.3 is 5.97 Å². The number of nitrogens with one attached hydrogen (secondary N) is 1. The Kier molecular flexibility index (Phi) is 5.38. The zero-order valence-corrected chi connectivity index (χ0v) is 13.0. The van der Waals surface area contributed by atoms with Crippen LogP contribution in [0.3, 0.4) is 0 Å². The molecule has 0 bridgehead atoms. The van der Waals surface area contributed by atoms with Crippen LogP contribution in [0.5, 0.6) is 5.75 Å². The summed E-state index contributed by atoms with van der Waals surface area (Å²) in [6.07, 6.45) is 2.94. The molecule has 0 aromatic heterocycles. The first-order chi connectivity index (χ1) is 11.0. The highest BCUT2D eigenvalue weighted by Gasteiger charge is 2.12. The number of hydrogen-bond donors (Lipinski definition) is 2.